The van der Waals surface area contributed by atoms with Crippen LogP contribution in [0, 0.1) is 11.8 Å². The van der Waals surface area contributed by atoms with E-state index in [1.165, 1.54) is 25.7 Å². The Kier molecular flexibility index (Phi) is 3.86. The largest absolute Gasteiger partial charge is 0.307 e. The van der Waals surface area contributed by atoms with Crippen molar-refractivity contribution in [2.75, 3.05) is 0 Å². The van der Waals surface area contributed by atoms with Gasteiger partial charge in [0.25, 0.3) is 0 Å². The van der Waals surface area contributed by atoms with E-state index in [1.807, 2.05) is 0 Å². The summed E-state index contributed by atoms with van der Waals surface area (Å²) in [5.74, 6) is 1.77. The Morgan fingerprint density at radius 2 is 1.80 bits per heavy atom. The molecule has 0 amide bonds. The molecule has 3 atom stereocenters. The third kappa shape index (κ3) is 3.21. The second kappa shape index (κ2) is 4.45. The zero-order chi connectivity index (χ0) is 11.7. The second-order valence-electron chi connectivity index (χ2n) is 6.48. The van der Waals surface area contributed by atoms with Crippen molar-refractivity contribution in [3.8, 4) is 0 Å². The van der Waals surface area contributed by atoms with Crippen LogP contribution >= 0.6 is 0 Å². The summed E-state index contributed by atoms with van der Waals surface area (Å²) in [5, 5.41) is 3.83. The van der Waals surface area contributed by atoms with Crippen LogP contribution in [0.2, 0.25) is 0 Å². The molecular weight excluding hydrogens is 182 g/mol. The lowest BCUT2D eigenvalue weighted by molar-refractivity contribution is 0.0833. The van der Waals surface area contributed by atoms with Gasteiger partial charge in [-0.15, -0.1) is 0 Å². The zero-order valence-corrected chi connectivity index (χ0v) is 11.5. The maximum atomic E-state index is 3.83. The maximum Gasteiger partial charge on any atom is 0.0158 e. The molecule has 15 heavy (non-hydrogen) atoms. The van der Waals surface area contributed by atoms with Crippen LogP contribution < -0.4 is 5.32 Å². The van der Waals surface area contributed by atoms with E-state index in [9.17, 15) is 0 Å². The van der Waals surface area contributed by atoms with Crippen LogP contribution in [0.3, 0.4) is 0 Å². The second-order valence-corrected chi connectivity index (χ2v) is 6.48. The summed E-state index contributed by atoms with van der Waals surface area (Å²) < 4.78 is 0. The molecule has 1 fully saturated rings. The van der Waals surface area contributed by atoms with Gasteiger partial charge in [-0.3, -0.25) is 0 Å². The first-order chi connectivity index (χ1) is 6.82. The Labute approximate surface area is 96.0 Å². The van der Waals surface area contributed by atoms with Crippen molar-refractivity contribution in [1.82, 2.24) is 5.32 Å². The van der Waals surface area contributed by atoms with Crippen molar-refractivity contribution in [3.63, 3.8) is 0 Å². The first-order valence-electron chi connectivity index (χ1n) is 6.61. The predicted octanol–water partition coefficient (Wildman–Crippen LogP) is 3.98. The Balaban J connectivity index is 2.77. The van der Waals surface area contributed by atoms with Gasteiger partial charge in [0.2, 0.25) is 0 Å². The van der Waals surface area contributed by atoms with E-state index < -0.39 is 0 Å². The molecular formula is C14H29N. The average Bonchev–Trinajstić information content (AvgIpc) is 2.13. The Bertz CT molecular complexity index is 209. The van der Waals surface area contributed by atoms with E-state index >= 15 is 0 Å². The van der Waals surface area contributed by atoms with Crippen LogP contribution in [0.25, 0.3) is 0 Å². The lowest BCUT2D eigenvalue weighted by Crippen LogP contribution is -2.59. The molecule has 1 saturated heterocycles. The normalized spacial score (nSPS) is 37.6. The van der Waals surface area contributed by atoms with Gasteiger partial charge in [0.05, 0.1) is 0 Å². The van der Waals surface area contributed by atoms with Crippen molar-refractivity contribution in [3.05, 3.63) is 0 Å². The molecule has 1 nitrogen and oxygen atoms in total. The molecule has 0 aromatic heterocycles. The molecule has 0 aliphatic carbocycles. The van der Waals surface area contributed by atoms with E-state index in [0.717, 1.165) is 11.8 Å². The van der Waals surface area contributed by atoms with Crippen molar-refractivity contribution in [2.24, 2.45) is 11.8 Å². The van der Waals surface area contributed by atoms with Gasteiger partial charge in [-0.1, -0.05) is 27.2 Å². The van der Waals surface area contributed by atoms with E-state index in [4.69, 9.17) is 0 Å². The summed E-state index contributed by atoms with van der Waals surface area (Å²) in [7, 11) is 0. The highest BCUT2D eigenvalue weighted by atomic mass is 15.1. The third-order valence-electron chi connectivity index (χ3n) is 4.35. The lowest BCUT2D eigenvalue weighted by atomic mass is 9.69. The molecule has 0 bridgehead atoms. The highest BCUT2D eigenvalue weighted by Gasteiger charge is 2.40. The van der Waals surface area contributed by atoms with E-state index in [0.29, 0.717) is 11.1 Å². The lowest BCUT2D eigenvalue weighted by Gasteiger charge is -2.49. The summed E-state index contributed by atoms with van der Waals surface area (Å²) >= 11 is 0. The summed E-state index contributed by atoms with van der Waals surface area (Å²) in [6.07, 6.45) is 5.24. The van der Waals surface area contributed by atoms with E-state index in [2.05, 4.69) is 46.9 Å². The topological polar surface area (TPSA) is 12.0 Å². The number of piperidine rings is 1. The number of hydrogen-bond donors (Lipinski definition) is 1. The van der Waals surface area contributed by atoms with Crippen LogP contribution in [-0.4, -0.2) is 11.1 Å². The van der Waals surface area contributed by atoms with Gasteiger partial charge < -0.3 is 5.32 Å². The van der Waals surface area contributed by atoms with Crippen LogP contribution in [-0.2, 0) is 0 Å². The Hall–Kier alpha value is -0.0400. The highest BCUT2D eigenvalue weighted by molar-refractivity contribution is 4.99. The standard InChI is InChI=1S/C14H29N/c1-7-11(3)12-9-13(4,5)15-14(6,8-2)10-12/h11-12,15H,7-10H2,1-6H3. The molecule has 1 N–H and O–H groups in total. The number of nitrogens with one attached hydrogen (secondary N) is 1. The minimum absolute atomic E-state index is 0.317. The van der Waals surface area contributed by atoms with Crippen molar-refractivity contribution >= 4 is 0 Å². The molecule has 1 aliphatic heterocycles. The van der Waals surface area contributed by atoms with E-state index in [-0.39, 0.29) is 0 Å². The molecule has 0 radical (unpaired) electrons. The summed E-state index contributed by atoms with van der Waals surface area (Å²) in [5.41, 5.74) is 0.674. The molecule has 0 spiro atoms. The SMILES string of the molecule is CCC(C)C1CC(C)(C)NC(C)(CC)C1. The molecule has 0 aromatic rings. The predicted molar refractivity (Wildman–Crippen MR) is 68.1 cm³/mol. The van der Waals surface area contributed by atoms with Gasteiger partial charge in [-0.2, -0.15) is 0 Å². The van der Waals surface area contributed by atoms with Gasteiger partial charge in [0.15, 0.2) is 0 Å². The fourth-order valence-corrected chi connectivity index (χ4v) is 3.19. The fourth-order valence-electron chi connectivity index (χ4n) is 3.19. The summed E-state index contributed by atoms with van der Waals surface area (Å²) in [4.78, 5) is 0. The number of rotatable bonds is 3. The maximum absolute atomic E-state index is 3.83. The van der Waals surface area contributed by atoms with Gasteiger partial charge in [0, 0.05) is 11.1 Å². The Morgan fingerprint density at radius 1 is 1.20 bits per heavy atom. The number of hydrogen-bond acceptors (Lipinski definition) is 1. The van der Waals surface area contributed by atoms with Crippen LogP contribution in [0.15, 0.2) is 0 Å². The van der Waals surface area contributed by atoms with Crippen LogP contribution in [0.1, 0.15) is 67.2 Å². The zero-order valence-electron chi connectivity index (χ0n) is 11.5. The van der Waals surface area contributed by atoms with Crippen molar-refractivity contribution in [2.45, 2.75) is 78.3 Å². The third-order valence-corrected chi connectivity index (χ3v) is 4.35. The smallest absolute Gasteiger partial charge is 0.0158 e. The first kappa shape index (κ1) is 13.0. The van der Waals surface area contributed by atoms with Crippen molar-refractivity contribution < 1.29 is 0 Å². The van der Waals surface area contributed by atoms with Crippen LogP contribution in [0.5, 0.6) is 0 Å². The molecule has 3 unspecified atom stereocenters. The molecule has 1 aliphatic rings. The highest BCUT2D eigenvalue weighted by Crippen LogP contribution is 2.39. The van der Waals surface area contributed by atoms with Gasteiger partial charge in [-0.05, 0) is 51.9 Å². The summed E-state index contributed by atoms with van der Waals surface area (Å²) in [6.45, 7) is 14.2. The monoisotopic (exact) mass is 211 g/mol. The molecule has 90 valence electrons. The minimum atomic E-state index is 0.317. The van der Waals surface area contributed by atoms with Crippen molar-refractivity contribution in [1.29, 1.82) is 0 Å². The fraction of sp³-hybridized carbons (Fsp3) is 1.00. The molecule has 0 saturated carbocycles. The molecule has 1 rings (SSSR count). The molecule has 1 heterocycles. The van der Waals surface area contributed by atoms with Crippen LogP contribution in [0.4, 0.5) is 0 Å². The van der Waals surface area contributed by atoms with Gasteiger partial charge in [-0.25, -0.2) is 0 Å². The summed E-state index contributed by atoms with van der Waals surface area (Å²) in [6, 6.07) is 0. The van der Waals surface area contributed by atoms with Gasteiger partial charge >= 0.3 is 0 Å². The molecule has 1 heteroatoms. The van der Waals surface area contributed by atoms with Gasteiger partial charge in [0.1, 0.15) is 0 Å². The minimum Gasteiger partial charge on any atom is -0.307 e. The average molecular weight is 211 g/mol. The van der Waals surface area contributed by atoms with E-state index in [1.54, 1.807) is 0 Å². The first-order valence-corrected chi connectivity index (χ1v) is 6.61. The molecule has 0 aromatic carbocycles. The quantitative estimate of drug-likeness (QED) is 0.744. The Morgan fingerprint density at radius 3 is 2.27 bits per heavy atom.